The molecule has 2 aromatic rings. The Bertz CT molecular complexity index is 1160. The van der Waals surface area contributed by atoms with Gasteiger partial charge in [0.2, 0.25) is 0 Å². The van der Waals surface area contributed by atoms with E-state index in [1.807, 2.05) is 0 Å². The summed E-state index contributed by atoms with van der Waals surface area (Å²) in [5.74, 6) is -2.25. The number of hydrogen-bond donors (Lipinski definition) is 3. The summed E-state index contributed by atoms with van der Waals surface area (Å²) in [5.41, 5.74) is 2.21. The van der Waals surface area contributed by atoms with Crippen LogP contribution >= 0.6 is 23.2 Å². The van der Waals surface area contributed by atoms with Crippen LogP contribution in [0.3, 0.4) is 0 Å². The van der Waals surface area contributed by atoms with E-state index < -0.39 is 42.2 Å². The smallest absolute Gasteiger partial charge is 0.316 e. The Morgan fingerprint density at radius 3 is 2.55 bits per heavy atom. The third-order valence-electron chi connectivity index (χ3n) is 5.12. The van der Waals surface area contributed by atoms with Crippen LogP contribution in [-0.2, 0) is 14.4 Å². The zero-order valence-corrected chi connectivity index (χ0v) is 19.3. The van der Waals surface area contributed by atoms with Gasteiger partial charge in [-0.3, -0.25) is 14.4 Å². The monoisotopic (exact) mass is 489 g/mol. The van der Waals surface area contributed by atoms with E-state index in [0.29, 0.717) is 32.3 Å². The highest BCUT2D eigenvalue weighted by Crippen LogP contribution is 2.32. The van der Waals surface area contributed by atoms with Crippen LogP contribution in [0.25, 0.3) is 11.1 Å². The third kappa shape index (κ3) is 5.71. The number of Topliss-reactive ketones (excluding diaryl/α,β-unsaturated/α-hetero) is 1. The van der Waals surface area contributed by atoms with Crippen molar-refractivity contribution < 1.29 is 24.3 Å². The number of nitrogens with zero attached hydrogens (tertiary/aromatic N) is 1. The van der Waals surface area contributed by atoms with Crippen LogP contribution in [0.1, 0.15) is 24.9 Å². The molecule has 10 heteroatoms. The maximum atomic E-state index is 12.6. The molecule has 1 aliphatic rings. The molecule has 3 amide bonds. The molecular weight excluding hydrogens is 469 g/mol. The van der Waals surface area contributed by atoms with E-state index >= 15 is 0 Å². The first kappa shape index (κ1) is 24.3. The number of carboxylic acid groups (broad SMARTS) is 1. The lowest BCUT2D eigenvalue weighted by atomic mass is 9.97. The van der Waals surface area contributed by atoms with Gasteiger partial charge in [-0.15, -0.1) is 0 Å². The zero-order valence-electron chi connectivity index (χ0n) is 17.8. The van der Waals surface area contributed by atoms with E-state index in [9.17, 15) is 24.3 Å². The van der Waals surface area contributed by atoms with Gasteiger partial charge in [-0.1, -0.05) is 47.5 Å². The van der Waals surface area contributed by atoms with E-state index in [0.717, 1.165) is 0 Å². The molecule has 0 aromatic heterocycles. The van der Waals surface area contributed by atoms with Crippen molar-refractivity contribution in [1.82, 2.24) is 15.5 Å². The van der Waals surface area contributed by atoms with E-state index in [2.05, 4.69) is 10.6 Å². The largest absolute Gasteiger partial charge is 0.481 e. The fourth-order valence-corrected chi connectivity index (χ4v) is 4.01. The number of carboxylic acids is 1. The van der Waals surface area contributed by atoms with Crippen molar-refractivity contribution in [3.05, 3.63) is 69.8 Å². The number of likely N-dealkylation sites (N-methyl/N-ethyl adjacent to an activating group) is 1. The summed E-state index contributed by atoms with van der Waals surface area (Å²) >= 11 is 12.3. The number of carbonyl (C=O) groups is 4. The van der Waals surface area contributed by atoms with Crippen molar-refractivity contribution in [2.75, 3.05) is 7.05 Å². The van der Waals surface area contributed by atoms with Crippen molar-refractivity contribution in [2.24, 2.45) is 0 Å². The predicted molar refractivity (Wildman–Crippen MR) is 124 cm³/mol. The average molecular weight is 490 g/mol. The lowest BCUT2D eigenvalue weighted by Gasteiger charge is -2.27. The van der Waals surface area contributed by atoms with Crippen LogP contribution in [0, 0.1) is 0 Å². The third-order valence-corrected chi connectivity index (χ3v) is 5.67. The minimum absolute atomic E-state index is 0.317. The minimum Gasteiger partial charge on any atom is -0.481 e. The van der Waals surface area contributed by atoms with Gasteiger partial charge in [-0.25, -0.2) is 4.79 Å². The van der Waals surface area contributed by atoms with Gasteiger partial charge in [0.1, 0.15) is 0 Å². The van der Waals surface area contributed by atoms with Gasteiger partial charge in [0.15, 0.2) is 11.8 Å². The van der Waals surface area contributed by atoms with E-state index in [-0.39, 0.29) is 0 Å². The molecule has 0 radical (unpaired) electrons. The van der Waals surface area contributed by atoms with Gasteiger partial charge in [0.25, 0.3) is 5.91 Å². The molecule has 3 rings (SSSR count). The molecule has 0 spiro atoms. The highest BCUT2D eigenvalue weighted by molar-refractivity contribution is 6.36. The number of carbonyl (C=O) groups excluding carboxylic acids is 3. The van der Waals surface area contributed by atoms with Gasteiger partial charge in [-0.05, 0) is 36.2 Å². The molecule has 1 aliphatic heterocycles. The second kappa shape index (κ2) is 10.1. The summed E-state index contributed by atoms with van der Waals surface area (Å²) in [5, 5.41) is 15.2. The molecule has 0 saturated heterocycles. The van der Waals surface area contributed by atoms with Crippen molar-refractivity contribution in [2.45, 2.75) is 25.4 Å². The predicted octanol–water partition coefficient (Wildman–Crippen LogP) is 3.79. The maximum Gasteiger partial charge on any atom is 0.316 e. The summed E-state index contributed by atoms with van der Waals surface area (Å²) in [7, 11) is 1.48. The second-order valence-electron chi connectivity index (χ2n) is 7.58. The number of ketones is 1. The van der Waals surface area contributed by atoms with Crippen LogP contribution in [0.5, 0.6) is 0 Å². The van der Waals surface area contributed by atoms with Crippen LogP contribution in [0.15, 0.2) is 54.2 Å². The Kier molecular flexibility index (Phi) is 7.40. The molecule has 8 nitrogen and oxygen atoms in total. The number of halogens is 2. The Morgan fingerprint density at radius 1 is 1.15 bits per heavy atom. The summed E-state index contributed by atoms with van der Waals surface area (Å²) in [6, 6.07) is 8.73. The normalized spacial score (nSPS) is 16.8. The van der Waals surface area contributed by atoms with Gasteiger partial charge >= 0.3 is 12.0 Å². The van der Waals surface area contributed by atoms with Crippen LogP contribution < -0.4 is 10.6 Å². The standard InChI is InChI=1S/C23H21Cl2N3O5/c1-12-11-28(2)22(32)20(21(12)31)27-23(33)26-18(10-19(29)30)14-5-3-4-13(8-14)16-7-6-15(24)9-17(16)25/h3-9,11,18,20H,10H2,1-2H3,(H,29,30)(H2,26,27,33). The lowest BCUT2D eigenvalue weighted by Crippen LogP contribution is -2.56. The molecular formula is C23H21Cl2N3O5. The first-order chi connectivity index (χ1) is 15.6. The number of hydrogen-bond acceptors (Lipinski definition) is 4. The summed E-state index contributed by atoms with van der Waals surface area (Å²) in [6.07, 6.45) is 0.970. The second-order valence-corrected chi connectivity index (χ2v) is 8.42. The number of nitrogens with one attached hydrogen (secondary N) is 2. The molecule has 33 heavy (non-hydrogen) atoms. The van der Waals surface area contributed by atoms with E-state index in [1.165, 1.54) is 18.1 Å². The Balaban J connectivity index is 1.84. The highest BCUT2D eigenvalue weighted by atomic mass is 35.5. The molecule has 3 N–H and O–H groups in total. The molecule has 0 bridgehead atoms. The molecule has 172 valence electrons. The Labute approximate surface area is 200 Å². The van der Waals surface area contributed by atoms with E-state index in [4.69, 9.17) is 23.2 Å². The summed E-state index contributed by atoms with van der Waals surface area (Å²) in [6.45, 7) is 1.54. The van der Waals surface area contributed by atoms with Gasteiger partial charge in [-0.2, -0.15) is 0 Å². The maximum absolute atomic E-state index is 12.6. The first-order valence-electron chi connectivity index (χ1n) is 9.90. The zero-order chi connectivity index (χ0) is 24.3. The molecule has 2 atom stereocenters. The van der Waals surface area contributed by atoms with Crippen molar-refractivity contribution in [3.63, 3.8) is 0 Å². The molecule has 0 fully saturated rings. The Morgan fingerprint density at radius 2 is 1.88 bits per heavy atom. The number of amides is 3. The van der Waals surface area contributed by atoms with Crippen LogP contribution in [-0.4, -0.2) is 46.8 Å². The molecule has 0 aliphatic carbocycles. The van der Waals surface area contributed by atoms with Crippen LogP contribution in [0.2, 0.25) is 10.0 Å². The quantitative estimate of drug-likeness (QED) is 0.533. The number of benzene rings is 2. The topological polar surface area (TPSA) is 116 Å². The van der Waals surface area contributed by atoms with Gasteiger partial charge < -0.3 is 20.6 Å². The molecule has 0 saturated carbocycles. The van der Waals surface area contributed by atoms with Gasteiger partial charge in [0.05, 0.1) is 12.5 Å². The summed E-state index contributed by atoms with van der Waals surface area (Å²) < 4.78 is 0. The highest BCUT2D eigenvalue weighted by Gasteiger charge is 2.35. The first-order valence-corrected chi connectivity index (χ1v) is 10.7. The lowest BCUT2D eigenvalue weighted by molar-refractivity contribution is -0.138. The minimum atomic E-state index is -1.38. The average Bonchev–Trinajstić information content (AvgIpc) is 2.74. The molecule has 2 aromatic carbocycles. The Hall–Kier alpha value is -3.36. The fraction of sp³-hybridized carbons (Fsp3) is 0.217. The van der Waals surface area contributed by atoms with Crippen molar-refractivity contribution >= 4 is 46.9 Å². The van der Waals surface area contributed by atoms with Gasteiger partial charge in [0, 0.05) is 34.4 Å². The van der Waals surface area contributed by atoms with E-state index in [1.54, 1.807) is 49.4 Å². The molecule has 2 unspecified atom stereocenters. The van der Waals surface area contributed by atoms with Crippen molar-refractivity contribution in [1.29, 1.82) is 0 Å². The van der Waals surface area contributed by atoms with Crippen molar-refractivity contribution in [3.8, 4) is 11.1 Å². The fourth-order valence-electron chi connectivity index (χ4n) is 3.49. The SMILES string of the molecule is CC1=CN(C)C(=O)C(NC(=O)NC(CC(=O)O)c2cccc(-c3ccc(Cl)cc3Cl)c2)C1=O. The van der Waals surface area contributed by atoms with Crippen LogP contribution in [0.4, 0.5) is 4.79 Å². The summed E-state index contributed by atoms with van der Waals surface area (Å²) in [4.78, 5) is 50.0. The number of urea groups is 1. The number of aliphatic carboxylic acids is 1. The number of rotatable bonds is 6. The molecule has 1 heterocycles.